The van der Waals surface area contributed by atoms with E-state index in [-0.39, 0.29) is 0 Å². The number of pyridine rings is 1. The fraction of sp³-hybridized carbons (Fsp3) is 0.118. The minimum Gasteiger partial charge on any atom is -0.396 e. The van der Waals surface area contributed by atoms with Crippen LogP contribution in [0.4, 0.5) is 5.69 Å². The van der Waals surface area contributed by atoms with Crippen LogP contribution in [0.2, 0.25) is 0 Å². The second kappa shape index (κ2) is 6.80. The third-order valence-corrected chi connectivity index (χ3v) is 5.41. The lowest BCUT2D eigenvalue weighted by atomic mass is 9.94. The molecule has 0 unspecified atom stereocenters. The largest absolute Gasteiger partial charge is 0.396 e. The van der Waals surface area contributed by atoms with Crippen molar-refractivity contribution < 1.29 is 4.79 Å². The van der Waals surface area contributed by atoms with E-state index in [4.69, 9.17) is 11.6 Å². The van der Waals surface area contributed by atoms with Gasteiger partial charge in [-0.2, -0.15) is 5.26 Å². The molecule has 5 N–H and O–H groups in total. The molecular weight excluding hydrogens is 402 g/mol. The number of aryl methyl sites for hydroxylation is 1. The number of amides is 1. The zero-order valence-corrected chi connectivity index (χ0v) is 15.7. The Bertz CT molecular complexity index is 1020. The molecule has 0 saturated carbocycles. The molecule has 25 heavy (non-hydrogen) atoms. The van der Waals surface area contributed by atoms with Gasteiger partial charge in [0, 0.05) is 15.4 Å². The number of nitriles is 1. The van der Waals surface area contributed by atoms with E-state index in [9.17, 15) is 10.1 Å². The molecule has 0 aliphatic rings. The number of fused-ring (bicyclic) bond motifs is 1. The second-order valence-electron chi connectivity index (χ2n) is 5.28. The van der Waals surface area contributed by atoms with Crippen LogP contribution in [0.1, 0.15) is 27.9 Å². The Morgan fingerprint density at radius 3 is 2.64 bits per heavy atom. The van der Waals surface area contributed by atoms with Crippen molar-refractivity contribution in [1.29, 1.82) is 5.26 Å². The van der Waals surface area contributed by atoms with Crippen molar-refractivity contribution in [3.8, 4) is 17.2 Å². The van der Waals surface area contributed by atoms with E-state index >= 15 is 0 Å². The van der Waals surface area contributed by atoms with Gasteiger partial charge in [-0.05, 0) is 24.1 Å². The number of nitrogens with zero attached hydrogens (tertiary/aromatic N) is 2. The van der Waals surface area contributed by atoms with Crippen molar-refractivity contribution in [1.82, 2.24) is 10.4 Å². The Morgan fingerprint density at radius 1 is 1.40 bits per heavy atom. The van der Waals surface area contributed by atoms with E-state index in [1.807, 2.05) is 31.2 Å². The average molecular weight is 416 g/mol. The van der Waals surface area contributed by atoms with E-state index in [0.717, 1.165) is 10.0 Å². The summed E-state index contributed by atoms with van der Waals surface area (Å²) in [6, 6.07) is 9.62. The molecule has 0 spiro atoms. The number of hydrogen-bond acceptors (Lipinski definition) is 6. The van der Waals surface area contributed by atoms with Gasteiger partial charge in [-0.25, -0.2) is 10.8 Å². The molecule has 0 aliphatic carbocycles. The van der Waals surface area contributed by atoms with Gasteiger partial charge in [0.2, 0.25) is 0 Å². The van der Waals surface area contributed by atoms with Gasteiger partial charge < -0.3 is 5.73 Å². The van der Waals surface area contributed by atoms with Gasteiger partial charge in [0.1, 0.15) is 15.8 Å². The number of thiophene rings is 1. The molecule has 0 bridgehead atoms. The summed E-state index contributed by atoms with van der Waals surface area (Å²) in [5, 5.41) is 9.93. The standard InChI is InChI=1S/C17H14BrN5OS/c1-2-10-13(16(24)23-21)12(8-3-5-9(18)6-4-8)14-15(20)11(7-19)25-17(14)22-10/h3-6H,2,20-21H2,1H3,(H,23,24). The molecule has 0 fully saturated rings. The molecule has 0 saturated heterocycles. The molecule has 1 amide bonds. The summed E-state index contributed by atoms with van der Waals surface area (Å²) in [6.45, 7) is 1.91. The van der Waals surface area contributed by atoms with Crippen LogP contribution in [-0.4, -0.2) is 10.9 Å². The lowest BCUT2D eigenvalue weighted by molar-refractivity contribution is 0.0953. The van der Waals surface area contributed by atoms with Crippen LogP contribution in [0.3, 0.4) is 0 Å². The second-order valence-corrected chi connectivity index (χ2v) is 7.19. The van der Waals surface area contributed by atoms with Gasteiger partial charge in [-0.3, -0.25) is 10.2 Å². The number of anilines is 1. The average Bonchev–Trinajstić information content (AvgIpc) is 2.96. The smallest absolute Gasteiger partial charge is 0.267 e. The van der Waals surface area contributed by atoms with Crippen LogP contribution in [-0.2, 0) is 6.42 Å². The molecule has 0 radical (unpaired) electrons. The molecule has 2 aromatic heterocycles. The highest BCUT2D eigenvalue weighted by atomic mass is 79.9. The summed E-state index contributed by atoms with van der Waals surface area (Å²) in [7, 11) is 0. The van der Waals surface area contributed by atoms with Crippen LogP contribution in [0.5, 0.6) is 0 Å². The Labute approximate surface area is 156 Å². The van der Waals surface area contributed by atoms with Crippen molar-refractivity contribution in [3.05, 3.63) is 44.9 Å². The normalized spacial score (nSPS) is 10.6. The SMILES string of the molecule is CCc1nc2sc(C#N)c(N)c2c(-c2ccc(Br)cc2)c1C(=O)NN. The molecular formula is C17H14BrN5OS. The molecule has 1 aromatic carbocycles. The predicted molar refractivity (Wildman–Crippen MR) is 103 cm³/mol. The van der Waals surface area contributed by atoms with E-state index in [1.165, 1.54) is 11.3 Å². The highest BCUT2D eigenvalue weighted by Gasteiger charge is 2.25. The number of hydrogen-bond donors (Lipinski definition) is 3. The monoisotopic (exact) mass is 415 g/mol. The highest BCUT2D eigenvalue weighted by Crippen LogP contribution is 2.42. The zero-order valence-electron chi connectivity index (χ0n) is 13.3. The number of rotatable bonds is 3. The Morgan fingerprint density at radius 2 is 2.08 bits per heavy atom. The number of hydrazine groups is 1. The van der Waals surface area contributed by atoms with Crippen molar-refractivity contribution in [2.75, 3.05) is 5.73 Å². The minimum atomic E-state index is -0.437. The predicted octanol–water partition coefficient (Wildman–Crippen LogP) is 3.35. The first kappa shape index (κ1) is 17.4. The highest BCUT2D eigenvalue weighted by molar-refractivity contribution is 9.10. The summed E-state index contributed by atoms with van der Waals surface area (Å²) < 4.78 is 0.915. The molecule has 3 rings (SSSR count). The molecule has 0 aliphatic heterocycles. The van der Waals surface area contributed by atoms with E-state index in [0.29, 0.717) is 44.0 Å². The van der Waals surface area contributed by atoms with Crippen LogP contribution in [0, 0.1) is 11.3 Å². The van der Waals surface area contributed by atoms with Crippen LogP contribution in [0.15, 0.2) is 28.7 Å². The number of carbonyl (C=O) groups is 1. The maximum atomic E-state index is 12.5. The lowest BCUT2D eigenvalue weighted by Crippen LogP contribution is -2.31. The van der Waals surface area contributed by atoms with E-state index in [1.54, 1.807) is 0 Å². The third-order valence-electron chi connectivity index (χ3n) is 3.88. The Balaban J connectivity index is 2.51. The van der Waals surface area contributed by atoms with Gasteiger partial charge in [0.15, 0.2) is 0 Å². The number of benzene rings is 1. The fourth-order valence-corrected chi connectivity index (χ4v) is 3.95. The van der Waals surface area contributed by atoms with Gasteiger partial charge in [-0.1, -0.05) is 35.0 Å². The molecule has 3 aromatic rings. The Hall–Kier alpha value is -2.47. The van der Waals surface area contributed by atoms with Gasteiger partial charge in [0.05, 0.1) is 16.9 Å². The van der Waals surface area contributed by atoms with Crippen LogP contribution >= 0.6 is 27.3 Å². The zero-order chi connectivity index (χ0) is 18.1. The summed E-state index contributed by atoms with van der Waals surface area (Å²) in [5.41, 5.74) is 11.2. The minimum absolute atomic E-state index is 0.335. The van der Waals surface area contributed by atoms with Gasteiger partial charge >= 0.3 is 0 Å². The summed E-state index contributed by atoms with van der Waals surface area (Å²) in [4.78, 5) is 18.1. The van der Waals surface area contributed by atoms with Crippen molar-refractivity contribution in [3.63, 3.8) is 0 Å². The first-order valence-electron chi connectivity index (χ1n) is 7.43. The maximum Gasteiger partial charge on any atom is 0.267 e. The van der Waals surface area contributed by atoms with Crippen LogP contribution < -0.4 is 17.0 Å². The number of nitrogen functional groups attached to an aromatic ring is 2. The maximum absolute atomic E-state index is 12.5. The number of carbonyl (C=O) groups excluding carboxylic acids is 1. The molecule has 2 heterocycles. The molecule has 0 atom stereocenters. The molecule has 126 valence electrons. The fourth-order valence-electron chi connectivity index (χ4n) is 2.76. The topological polar surface area (TPSA) is 118 Å². The number of nitrogens with two attached hydrogens (primary N) is 2. The van der Waals surface area contributed by atoms with E-state index < -0.39 is 5.91 Å². The first-order chi connectivity index (χ1) is 12.0. The molecule has 8 heteroatoms. The first-order valence-corrected chi connectivity index (χ1v) is 9.04. The summed E-state index contributed by atoms with van der Waals surface area (Å²) in [5.74, 6) is 4.96. The van der Waals surface area contributed by atoms with E-state index in [2.05, 4.69) is 32.4 Å². The van der Waals surface area contributed by atoms with Crippen molar-refractivity contribution in [2.45, 2.75) is 13.3 Å². The summed E-state index contributed by atoms with van der Waals surface area (Å²) in [6.07, 6.45) is 0.544. The number of halogens is 1. The lowest BCUT2D eigenvalue weighted by Gasteiger charge is -2.14. The van der Waals surface area contributed by atoms with Gasteiger partial charge in [-0.15, -0.1) is 11.3 Å². The van der Waals surface area contributed by atoms with Gasteiger partial charge in [0.25, 0.3) is 5.91 Å². The summed E-state index contributed by atoms with van der Waals surface area (Å²) >= 11 is 4.63. The number of nitrogens with one attached hydrogen (secondary N) is 1. The van der Waals surface area contributed by atoms with Crippen LogP contribution in [0.25, 0.3) is 21.3 Å². The quantitative estimate of drug-likeness (QED) is 0.344. The third kappa shape index (κ3) is 2.87. The van der Waals surface area contributed by atoms with Crippen molar-refractivity contribution >= 4 is 49.1 Å². The van der Waals surface area contributed by atoms with Crippen molar-refractivity contribution in [2.24, 2.45) is 5.84 Å². The molecule has 6 nitrogen and oxygen atoms in total. The number of aromatic nitrogens is 1. The Kier molecular flexibility index (Phi) is 4.72.